The number of nitrogens with one attached hydrogen (secondary N) is 2. The highest BCUT2D eigenvalue weighted by molar-refractivity contribution is 7.80. The fourth-order valence-corrected chi connectivity index (χ4v) is 2.14. The third-order valence-electron chi connectivity index (χ3n) is 3.03. The molecule has 0 saturated carbocycles. The van der Waals surface area contributed by atoms with Crippen LogP contribution in [0.5, 0.6) is 11.5 Å². The molecule has 23 heavy (non-hydrogen) atoms. The van der Waals surface area contributed by atoms with E-state index in [1.165, 1.54) is 12.1 Å². The zero-order valence-corrected chi connectivity index (χ0v) is 13.4. The van der Waals surface area contributed by atoms with Crippen molar-refractivity contribution in [2.75, 3.05) is 24.9 Å². The van der Waals surface area contributed by atoms with E-state index in [0.717, 1.165) is 5.69 Å². The number of rotatable bonds is 5. The molecule has 2 aromatic rings. The van der Waals surface area contributed by atoms with Gasteiger partial charge >= 0.3 is 5.97 Å². The molecule has 0 radical (unpaired) electrons. The van der Waals surface area contributed by atoms with Crippen LogP contribution in [0.3, 0.4) is 0 Å². The molecule has 0 bridgehead atoms. The van der Waals surface area contributed by atoms with Crippen LogP contribution < -0.4 is 20.1 Å². The summed E-state index contributed by atoms with van der Waals surface area (Å²) in [5.41, 5.74) is 1.64. The number of methoxy groups -OCH3 is 2. The summed E-state index contributed by atoms with van der Waals surface area (Å²) in [6.45, 7) is 0. The lowest BCUT2D eigenvalue weighted by Gasteiger charge is -2.13. The van der Waals surface area contributed by atoms with Crippen LogP contribution in [0.2, 0.25) is 0 Å². The normalized spacial score (nSPS) is 9.83. The Labute approximate surface area is 139 Å². The molecule has 2 aromatic carbocycles. The number of carboxylic acid groups (broad SMARTS) is 1. The number of hydrogen-bond donors (Lipinski definition) is 3. The molecule has 7 heteroatoms. The first-order valence-electron chi connectivity index (χ1n) is 6.67. The van der Waals surface area contributed by atoms with Gasteiger partial charge in [0.25, 0.3) is 0 Å². The van der Waals surface area contributed by atoms with Gasteiger partial charge in [0, 0.05) is 17.4 Å². The smallest absolute Gasteiger partial charge is 0.335 e. The van der Waals surface area contributed by atoms with Gasteiger partial charge in [-0.15, -0.1) is 0 Å². The monoisotopic (exact) mass is 332 g/mol. The summed E-state index contributed by atoms with van der Waals surface area (Å²) in [4.78, 5) is 10.8. The van der Waals surface area contributed by atoms with Gasteiger partial charge < -0.3 is 25.2 Å². The number of carboxylic acids is 1. The summed E-state index contributed by atoms with van der Waals surface area (Å²) in [5.74, 6) is 0.245. The second-order valence-corrected chi connectivity index (χ2v) is 4.94. The molecule has 0 fully saturated rings. The van der Waals surface area contributed by atoms with Crippen LogP contribution in [0, 0.1) is 0 Å². The van der Waals surface area contributed by atoms with Gasteiger partial charge in [0.15, 0.2) is 16.6 Å². The summed E-state index contributed by atoms with van der Waals surface area (Å²) < 4.78 is 10.4. The van der Waals surface area contributed by atoms with Crippen molar-refractivity contribution in [2.45, 2.75) is 0 Å². The molecule has 0 aromatic heterocycles. The summed E-state index contributed by atoms with van der Waals surface area (Å²) in [6, 6.07) is 11.6. The summed E-state index contributed by atoms with van der Waals surface area (Å²) in [6.07, 6.45) is 0. The minimum Gasteiger partial charge on any atom is -0.493 e. The summed E-state index contributed by atoms with van der Waals surface area (Å²) >= 11 is 5.23. The summed E-state index contributed by atoms with van der Waals surface area (Å²) in [7, 11) is 3.13. The molecule has 120 valence electrons. The van der Waals surface area contributed by atoms with E-state index in [9.17, 15) is 4.79 Å². The first-order chi connectivity index (χ1) is 11.0. The Morgan fingerprint density at radius 2 is 1.52 bits per heavy atom. The predicted octanol–water partition coefficient (Wildman–Crippen LogP) is 3.21. The Bertz CT molecular complexity index is 717. The van der Waals surface area contributed by atoms with Crippen molar-refractivity contribution in [2.24, 2.45) is 0 Å². The lowest BCUT2D eigenvalue weighted by Crippen LogP contribution is -2.19. The van der Waals surface area contributed by atoms with Crippen molar-refractivity contribution in [1.29, 1.82) is 0 Å². The molecular formula is C16H16N2O4S. The molecule has 0 aliphatic heterocycles. The molecule has 0 unspecified atom stereocenters. The van der Waals surface area contributed by atoms with Gasteiger partial charge in [0.2, 0.25) is 0 Å². The highest BCUT2D eigenvalue weighted by Gasteiger charge is 2.06. The zero-order chi connectivity index (χ0) is 16.8. The lowest BCUT2D eigenvalue weighted by molar-refractivity contribution is 0.0697. The van der Waals surface area contributed by atoms with E-state index in [1.54, 1.807) is 38.5 Å². The van der Waals surface area contributed by atoms with Crippen molar-refractivity contribution < 1.29 is 19.4 Å². The molecule has 6 nitrogen and oxygen atoms in total. The minimum atomic E-state index is -0.970. The minimum absolute atomic E-state index is 0.217. The van der Waals surface area contributed by atoms with Crippen LogP contribution >= 0.6 is 12.2 Å². The third kappa shape index (κ3) is 4.33. The van der Waals surface area contributed by atoms with Gasteiger partial charge in [0.1, 0.15) is 0 Å². The maximum Gasteiger partial charge on any atom is 0.335 e. The van der Waals surface area contributed by atoms with Crippen LogP contribution in [0.25, 0.3) is 0 Å². The summed E-state index contributed by atoms with van der Waals surface area (Å²) in [5, 5.41) is 15.2. The van der Waals surface area contributed by atoms with Gasteiger partial charge in [-0.25, -0.2) is 4.79 Å². The van der Waals surface area contributed by atoms with E-state index < -0.39 is 5.97 Å². The first kappa shape index (κ1) is 16.6. The zero-order valence-electron chi connectivity index (χ0n) is 12.6. The Morgan fingerprint density at radius 1 is 0.957 bits per heavy atom. The Hall–Kier alpha value is -2.80. The average Bonchev–Trinajstić information content (AvgIpc) is 2.55. The number of aromatic carboxylic acids is 1. The molecule has 0 saturated heterocycles. The number of anilines is 2. The number of benzene rings is 2. The van der Waals surface area contributed by atoms with Gasteiger partial charge in [-0.05, 0) is 48.6 Å². The fraction of sp³-hybridized carbons (Fsp3) is 0.125. The predicted molar refractivity (Wildman–Crippen MR) is 92.8 cm³/mol. The molecule has 0 atom stereocenters. The first-order valence-corrected chi connectivity index (χ1v) is 7.07. The van der Waals surface area contributed by atoms with E-state index in [-0.39, 0.29) is 5.56 Å². The maximum atomic E-state index is 10.8. The SMILES string of the molecule is COc1ccc(NC(=S)Nc2ccc(C(=O)O)cc2)cc1OC. The highest BCUT2D eigenvalue weighted by Crippen LogP contribution is 2.29. The molecule has 2 rings (SSSR count). The van der Waals surface area contributed by atoms with Crippen LogP contribution in [0.4, 0.5) is 11.4 Å². The number of thiocarbonyl (C=S) groups is 1. The van der Waals surface area contributed by atoms with Crippen LogP contribution in [-0.2, 0) is 0 Å². The van der Waals surface area contributed by atoms with E-state index in [0.29, 0.717) is 22.3 Å². The average molecular weight is 332 g/mol. The maximum absolute atomic E-state index is 10.8. The number of ether oxygens (including phenoxy) is 2. The Kier molecular flexibility index (Phi) is 5.37. The van der Waals surface area contributed by atoms with Crippen molar-refractivity contribution in [1.82, 2.24) is 0 Å². The topological polar surface area (TPSA) is 79.8 Å². The molecule has 3 N–H and O–H groups in total. The largest absolute Gasteiger partial charge is 0.493 e. The van der Waals surface area contributed by atoms with Gasteiger partial charge in [0.05, 0.1) is 19.8 Å². The quantitative estimate of drug-likeness (QED) is 0.726. The molecule has 0 aliphatic rings. The Balaban J connectivity index is 2.03. The molecular weight excluding hydrogens is 316 g/mol. The molecule has 0 spiro atoms. The van der Waals surface area contributed by atoms with E-state index in [4.69, 9.17) is 26.8 Å². The van der Waals surface area contributed by atoms with E-state index >= 15 is 0 Å². The highest BCUT2D eigenvalue weighted by atomic mass is 32.1. The second-order valence-electron chi connectivity index (χ2n) is 4.53. The molecule has 0 aliphatic carbocycles. The van der Waals surface area contributed by atoms with Crippen LogP contribution in [0.15, 0.2) is 42.5 Å². The lowest BCUT2D eigenvalue weighted by atomic mass is 10.2. The van der Waals surface area contributed by atoms with E-state index in [1.807, 2.05) is 6.07 Å². The Morgan fingerprint density at radius 3 is 2.09 bits per heavy atom. The van der Waals surface area contributed by atoms with Crippen LogP contribution in [0.1, 0.15) is 10.4 Å². The van der Waals surface area contributed by atoms with E-state index in [2.05, 4.69) is 10.6 Å². The van der Waals surface area contributed by atoms with Crippen molar-refractivity contribution >= 4 is 34.7 Å². The van der Waals surface area contributed by atoms with Crippen molar-refractivity contribution in [3.05, 3.63) is 48.0 Å². The van der Waals surface area contributed by atoms with Gasteiger partial charge in [-0.2, -0.15) is 0 Å². The molecule has 0 amide bonds. The van der Waals surface area contributed by atoms with Gasteiger partial charge in [-0.3, -0.25) is 0 Å². The van der Waals surface area contributed by atoms with Gasteiger partial charge in [-0.1, -0.05) is 0 Å². The van der Waals surface area contributed by atoms with Crippen molar-refractivity contribution in [3.8, 4) is 11.5 Å². The third-order valence-corrected chi connectivity index (χ3v) is 3.24. The fourth-order valence-electron chi connectivity index (χ4n) is 1.90. The van der Waals surface area contributed by atoms with Crippen LogP contribution in [-0.4, -0.2) is 30.4 Å². The second kappa shape index (κ2) is 7.46. The standard InChI is InChI=1S/C16H16N2O4S/c1-21-13-8-7-12(9-14(13)22-2)18-16(23)17-11-5-3-10(4-6-11)15(19)20/h3-9H,1-2H3,(H,19,20)(H2,17,18,23). The number of carbonyl (C=O) groups is 1. The number of hydrogen-bond acceptors (Lipinski definition) is 4. The van der Waals surface area contributed by atoms with Crippen molar-refractivity contribution in [3.63, 3.8) is 0 Å². The molecule has 0 heterocycles.